The van der Waals surface area contributed by atoms with Crippen molar-refractivity contribution in [3.63, 3.8) is 0 Å². The highest BCUT2D eigenvalue weighted by Crippen LogP contribution is 2.32. The van der Waals surface area contributed by atoms with E-state index >= 15 is 0 Å². The van der Waals surface area contributed by atoms with Gasteiger partial charge in [0, 0.05) is 18.1 Å². The minimum atomic E-state index is 0.855. The van der Waals surface area contributed by atoms with Crippen molar-refractivity contribution < 1.29 is 0 Å². The van der Waals surface area contributed by atoms with E-state index in [0.29, 0.717) is 0 Å². The first-order valence-corrected chi connectivity index (χ1v) is 7.29. The summed E-state index contributed by atoms with van der Waals surface area (Å²) in [5.74, 6) is 1.98. The molecule has 2 saturated heterocycles. The molecular weight excluding hydrogens is 196 g/mol. The molecule has 1 aliphatic carbocycles. The maximum atomic E-state index is 3.73. The van der Waals surface area contributed by atoms with Gasteiger partial charge < -0.3 is 10.6 Å². The van der Waals surface area contributed by atoms with E-state index in [1.54, 1.807) is 0 Å². The number of nitrogens with one attached hydrogen (secondary N) is 2. The highest BCUT2D eigenvalue weighted by atomic mass is 15.0. The van der Waals surface area contributed by atoms with Gasteiger partial charge in [0.15, 0.2) is 0 Å². The molecule has 3 fully saturated rings. The van der Waals surface area contributed by atoms with Gasteiger partial charge in [-0.05, 0) is 63.3 Å². The molecule has 1 saturated carbocycles. The first kappa shape index (κ1) is 11.0. The summed E-state index contributed by atoms with van der Waals surface area (Å²) in [5.41, 5.74) is 0. The zero-order valence-corrected chi connectivity index (χ0v) is 10.5. The van der Waals surface area contributed by atoms with E-state index < -0.39 is 0 Å². The van der Waals surface area contributed by atoms with Gasteiger partial charge in [-0.15, -0.1) is 0 Å². The van der Waals surface area contributed by atoms with Crippen molar-refractivity contribution in [3.8, 4) is 0 Å². The Balaban J connectivity index is 1.33. The first-order chi connectivity index (χ1) is 7.79. The lowest BCUT2D eigenvalue weighted by atomic mass is 9.81. The maximum absolute atomic E-state index is 3.73. The molecule has 0 aromatic heterocycles. The van der Waals surface area contributed by atoms with Gasteiger partial charge in [0.05, 0.1) is 0 Å². The predicted octanol–water partition coefficient (Wildman–Crippen LogP) is 2.30. The minimum Gasteiger partial charge on any atom is -0.314 e. The van der Waals surface area contributed by atoms with Crippen LogP contribution in [0.5, 0.6) is 0 Å². The van der Waals surface area contributed by atoms with Crippen LogP contribution < -0.4 is 10.6 Å². The molecule has 3 aliphatic rings. The second-order valence-electron chi connectivity index (χ2n) is 6.49. The summed E-state index contributed by atoms with van der Waals surface area (Å²) in [7, 11) is 0. The van der Waals surface area contributed by atoms with E-state index in [4.69, 9.17) is 0 Å². The Morgan fingerprint density at radius 1 is 1.06 bits per heavy atom. The topological polar surface area (TPSA) is 24.1 Å². The normalized spacial score (nSPS) is 46.7. The molecule has 0 radical (unpaired) electrons. The summed E-state index contributed by atoms with van der Waals surface area (Å²) in [6.07, 6.45) is 10.0. The Labute approximate surface area is 99.6 Å². The van der Waals surface area contributed by atoms with Gasteiger partial charge >= 0.3 is 0 Å². The van der Waals surface area contributed by atoms with Gasteiger partial charge in [-0.3, -0.25) is 0 Å². The van der Waals surface area contributed by atoms with Crippen LogP contribution in [0.1, 0.15) is 51.9 Å². The Kier molecular flexibility index (Phi) is 3.21. The smallest absolute Gasteiger partial charge is 0.00728 e. The summed E-state index contributed by atoms with van der Waals surface area (Å²) in [4.78, 5) is 0. The standard InChI is InChI=1S/C14H26N2/c1-10-6-14(7-10)15-5-4-11-8-12-2-3-13(9-11)16-12/h10-16H,2-9H2,1H3. The van der Waals surface area contributed by atoms with Crippen LogP contribution in [0, 0.1) is 11.8 Å². The molecule has 2 unspecified atom stereocenters. The van der Waals surface area contributed by atoms with Crippen LogP contribution in [0.25, 0.3) is 0 Å². The summed E-state index contributed by atoms with van der Waals surface area (Å²) < 4.78 is 0. The fraction of sp³-hybridized carbons (Fsp3) is 1.00. The van der Waals surface area contributed by atoms with Crippen LogP contribution in [0.15, 0.2) is 0 Å². The van der Waals surface area contributed by atoms with Gasteiger partial charge in [0.2, 0.25) is 0 Å². The van der Waals surface area contributed by atoms with Crippen molar-refractivity contribution in [3.05, 3.63) is 0 Å². The summed E-state index contributed by atoms with van der Waals surface area (Å²) >= 11 is 0. The second kappa shape index (κ2) is 4.66. The molecule has 92 valence electrons. The molecule has 2 aliphatic heterocycles. The first-order valence-electron chi connectivity index (χ1n) is 7.29. The molecule has 0 aromatic carbocycles. The summed E-state index contributed by atoms with van der Waals surface area (Å²) in [6.45, 7) is 3.63. The quantitative estimate of drug-likeness (QED) is 0.762. The van der Waals surface area contributed by atoms with Crippen LogP contribution in [-0.2, 0) is 0 Å². The van der Waals surface area contributed by atoms with E-state index in [0.717, 1.165) is 30.0 Å². The Hall–Kier alpha value is -0.0800. The number of piperidine rings is 1. The molecule has 2 heterocycles. The van der Waals surface area contributed by atoms with Crippen LogP contribution in [-0.4, -0.2) is 24.7 Å². The highest BCUT2D eigenvalue weighted by Gasteiger charge is 2.33. The Morgan fingerprint density at radius 2 is 1.75 bits per heavy atom. The molecular formula is C14H26N2. The Bertz CT molecular complexity index is 223. The van der Waals surface area contributed by atoms with Crippen molar-refractivity contribution in [2.75, 3.05) is 6.54 Å². The number of fused-ring (bicyclic) bond motifs is 2. The van der Waals surface area contributed by atoms with Crippen molar-refractivity contribution in [1.82, 2.24) is 10.6 Å². The van der Waals surface area contributed by atoms with Gasteiger partial charge in [-0.25, -0.2) is 0 Å². The third-order valence-electron chi connectivity index (χ3n) is 4.93. The average Bonchev–Trinajstić information content (AvgIpc) is 2.56. The van der Waals surface area contributed by atoms with E-state index in [1.807, 2.05) is 0 Å². The van der Waals surface area contributed by atoms with E-state index in [1.165, 1.54) is 51.5 Å². The fourth-order valence-electron chi connectivity index (χ4n) is 3.97. The lowest BCUT2D eigenvalue weighted by Gasteiger charge is -2.34. The average molecular weight is 222 g/mol. The third-order valence-corrected chi connectivity index (χ3v) is 4.93. The molecule has 2 bridgehead atoms. The van der Waals surface area contributed by atoms with Gasteiger partial charge in [0.25, 0.3) is 0 Å². The van der Waals surface area contributed by atoms with Crippen molar-refractivity contribution in [1.29, 1.82) is 0 Å². The highest BCUT2D eigenvalue weighted by molar-refractivity contribution is 4.92. The minimum absolute atomic E-state index is 0.855. The zero-order valence-electron chi connectivity index (χ0n) is 10.5. The maximum Gasteiger partial charge on any atom is 0.00728 e. The van der Waals surface area contributed by atoms with E-state index in [9.17, 15) is 0 Å². The van der Waals surface area contributed by atoms with E-state index in [-0.39, 0.29) is 0 Å². The molecule has 0 spiro atoms. The summed E-state index contributed by atoms with van der Waals surface area (Å²) in [6, 6.07) is 2.59. The zero-order chi connectivity index (χ0) is 11.0. The number of hydrogen-bond acceptors (Lipinski definition) is 2. The fourth-order valence-corrected chi connectivity index (χ4v) is 3.97. The molecule has 0 amide bonds. The molecule has 0 aromatic rings. The van der Waals surface area contributed by atoms with Crippen LogP contribution in [0.3, 0.4) is 0 Å². The molecule has 2 atom stereocenters. The third kappa shape index (κ3) is 2.43. The van der Waals surface area contributed by atoms with Gasteiger partial charge in [-0.1, -0.05) is 6.92 Å². The molecule has 3 rings (SSSR count). The molecule has 16 heavy (non-hydrogen) atoms. The lowest BCUT2D eigenvalue weighted by molar-refractivity contribution is 0.226. The lowest BCUT2D eigenvalue weighted by Crippen LogP contribution is -2.42. The predicted molar refractivity (Wildman–Crippen MR) is 67.5 cm³/mol. The van der Waals surface area contributed by atoms with Gasteiger partial charge in [-0.2, -0.15) is 0 Å². The monoisotopic (exact) mass is 222 g/mol. The van der Waals surface area contributed by atoms with Gasteiger partial charge in [0.1, 0.15) is 0 Å². The van der Waals surface area contributed by atoms with Crippen LogP contribution in [0.4, 0.5) is 0 Å². The molecule has 2 heteroatoms. The molecule has 2 N–H and O–H groups in total. The summed E-state index contributed by atoms with van der Waals surface area (Å²) in [5, 5.41) is 7.45. The molecule has 2 nitrogen and oxygen atoms in total. The SMILES string of the molecule is CC1CC(NCCC2CC3CCC(C2)N3)C1. The van der Waals surface area contributed by atoms with Crippen LogP contribution >= 0.6 is 0 Å². The van der Waals surface area contributed by atoms with Crippen molar-refractivity contribution in [2.24, 2.45) is 11.8 Å². The second-order valence-corrected chi connectivity index (χ2v) is 6.49. The number of rotatable bonds is 4. The van der Waals surface area contributed by atoms with E-state index in [2.05, 4.69) is 17.6 Å². The van der Waals surface area contributed by atoms with Crippen LogP contribution in [0.2, 0.25) is 0 Å². The van der Waals surface area contributed by atoms with Crippen molar-refractivity contribution in [2.45, 2.75) is 70.0 Å². The largest absolute Gasteiger partial charge is 0.314 e. The Morgan fingerprint density at radius 3 is 2.38 bits per heavy atom. The number of hydrogen-bond donors (Lipinski definition) is 2. The van der Waals surface area contributed by atoms with Crippen molar-refractivity contribution >= 4 is 0 Å².